The van der Waals surface area contributed by atoms with Gasteiger partial charge in [-0.05, 0) is 66.8 Å². The molecule has 1 fully saturated rings. The molecule has 4 rings (SSSR count). The SMILES string of the molecule is C=C(/C=C(\C)C(=O)Nc1cccc(C(C)c2ccc(N)cc2)c1)C(F)(F)F.CC.CCC1CC1.Cc1cccc(CN)c1. The van der Waals surface area contributed by atoms with Gasteiger partial charge < -0.3 is 16.8 Å². The number of hydrogen-bond acceptors (Lipinski definition) is 3. The number of nitrogen functional groups attached to an aromatic ring is 1. The molecule has 1 aliphatic carbocycles. The van der Waals surface area contributed by atoms with Crippen LogP contribution in [-0.2, 0) is 11.3 Å². The third-order valence-electron chi connectivity index (χ3n) is 6.79. The largest absolute Gasteiger partial charge is 0.415 e. The summed E-state index contributed by atoms with van der Waals surface area (Å²) in [7, 11) is 0. The van der Waals surface area contributed by atoms with E-state index in [0.717, 1.165) is 23.1 Å². The molecule has 1 unspecified atom stereocenters. The molecule has 4 nitrogen and oxygen atoms in total. The second kappa shape index (κ2) is 18.6. The average molecular weight is 596 g/mol. The van der Waals surface area contributed by atoms with Crippen molar-refractivity contribution >= 4 is 17.3 Å². The smallest absolute Gasteiger partial charge is 0.399 e. The molecule has 0 aromatic heterocycles. The highest BCUT2D eigenvalue weighted by molar-refractivity contribution is 6.03. The molecule has 43 heavy (non-hydrogen) atoms. The molecule has 0 bridgehead atoms. The second-order valence-electron chi connectivity index (χ2n) is 10.4. The number of anilines is 2. The zero-order valence-corrected chi connectivity index (χ0v) is 26.4. The summed E-state index contributed by atoms with van der Waals surface area (Å²) in [5.41, 5.74) is 15.7. The van der Waals surface area contributed by atoms with Crippen LogP contribution in [0.15, 0.2) is 96.6 Å². The number of carbonyl (C=O) groups excluding carboxylic acids is 1. The van der Waals surface area contributed by atoms with Gasteiger partial charge in [-0.1, -0.05) is 108 Å². The molecule has 1 amide bonds. The number of aryl methyl sites for hydroxylation is 1. The predicted molar refractivity (Wildman–Crippen MR) is 176 cm³/mol. The first-order chi connectivity index (χ1) is 20.3. The van der Waals surface area contributed by atoms with E-state index in [1.807, 2.05) is 63.2 Å². The molecule has 0 radical (unpaired) electrons. The maximum atomic E-state index is 12.5. The minimum absolute atomic E-state index is 0.0594. The fourth-order valence-corrected chi connectivity index (χ4v) is 3.87. The minimum atomic E-state index is -4.56. The van der Waals surface area contributed by atoms with Crippen LogP contribution < -0.4 is 16.8 Å². The lowest BCUT2D eigenvalue weighted by Crippen LogP contribution is -2.15. The van der Waals surface area contributed by atoms with Crippen LogP contribution in [0.2, 0.25) is 0 Å². The van der Waals surface area contributed by atoms with Crippen molar-refractivity contribution < 1.29 is 18.0 Å². The molecule has 5 N–H and O–H groups in total. The Hall–Kier alpha value is -3.84. The summed E-state index contributed by atoms with van der Waals surface area (Å²) in [6.45, 7) is 15.2. The number of alkyl halides is 3. The van der Waals surface area contributed by atoms with E-state index in [1.165, 1.54) is 37.3 Å². The number of carbonyl (C=O) groups is 1. The highest BCUT2D eigenvalue weighted by atomic mass is 19.4. The Labute approximate surface area is 256 Å². The quantitative estimate of drug-likeness (QED) is 0.144. The van der Waals surface area contributed by atoms with E-state index in [0.29, 0.717) is 17.9 Å². The summed E-state index contributed by atoms with van der Waals surface area (Å²) in [5.74, 6) is 0.580. The first-order valence-electron chi connectivity index (χ1n) is 14.8. The fourth-order valence-electron chi connectivity index (χ4n) is 3.87. The van der Waals surface area contributed by atoms with Crippen molar-refractivity contribution in [1.29, 1.82) is 0 Å². The van der Waals surface area contributed by atoms with Crippen molar-refractivity contribution in [2.45, 2.75) is 79.4 Å². The first-order valence-corrected chi connectivity index (χ1v) is 14.8. The van der Waals surface area contributed by atoms with Gasteiger partial charge in [0.15, 0.2) is 0 Å². The molecule has 7 heteroatoms. The van der Waals surface area contributed by atoms with Gasteiger partial charge >= 0.3 is 6.18 Å². The van der Waals surface area contributed by atoms with Gasteiger partial charge in [0.1, 0.15) is 0 Å². The molecular weight excluding hydrogens is 547 g/mol. The number of rotatable bonds is 7. The predicted octanol–water partition coefficient (Wildman–Crippen LogP) is 9.71. The van der Waals surface area contributed by atoms with E-state index in [1.54, 1.807) is 18.2 Å². The Balaban J connectivity index is 0.000000467. The van der Waals surface area contributed by atoms with Crippen LogP contribution in [0.5, 0.6) is 0 Å². The van der Waals surface area contributed by atoms with E-state index >= 15 is 0 Å². The van der Waals surface area contributed by atoms with Gasteiger partial charge in [-0.2, -0.15) is 13.2 Å². The van der Waals surface area contributed by atoms with E-state index in [-0.39, 0.29) is 11.5 Å². The highest BCUT2D eigenvalue weighted by Gasteiger charge is 2.30. The van der Waals surface area contributed by atoms with Crippen molar-refractivity contribution in [2.75, 3.05) is 11.1 Å². The van der Waals surface area contributed by atoms with Crippen molar-refractivity contribution in [1.82, 2.24) is 0 Å². The summed E-state index contributed by atoms with van der Waals surface area (Å²) >= 11 is 0. The van der Waals surface area contributed by atoms with Crippen LogP contribution in [0.1, 0.15) is 82.1 Å². The van der Waals surface area contributed by atoms with Crippen molar-refractivity contribution in [3.05, 3.63) is 119 Å². The molecule has 1 saturated carbocycles. The maximum absolute atomic E-state index is 12.5. The van der Waals surface area contributed by atoms with Crippen molar-refractivity contribution in [3.63, 3.8) is 0 Å². The first kappa shape index (κ1) is 37.2. The molecule has 0 saturated heterocycles. The highest BCUT2D eigenvalue weighted by Crippen LogP contribution is 2.31. The zero-order chi connectivity index (χ0) is 32.6. The van der Waals surface area contributed by atoms with E-state index < -0.39 is 17.7 Å². The molecule has 3 aromatic carbocycles. The van der Waals surface area contributed by atoms with Gasteiger partial charge in [-0.3, -0.25) is 4.79 Å². The zero-order valence-electron chi connectivity index (χ0n) is 26.4. The lowest BCUT2D eigenvalue weighted by molar-refractivity contribution is -0.112. The van der Waals surface area contributed by atoms with Crippen molar-refractivity contribution in [3.8, 4) is 0 Å². The Morgan fingerprint density at radius 1 is 1.02 bits per heavy atom. The number of benzene rings is 3. The fraction of sp³-hybridized carbons (Fsp3) is 0.361. The molecule has 0 aliphatic heterocycles. The third-order valence-corrected chi connectivity index (χ3v) is 6.79. The monoisotopic (exact) mass is 595 g/mol. The maximum Gasteiger partial charge on any atom is 0.415 e. The Morgan fingerprint density at radius 2 is 1.63 bits per heavy atom. The Morgan fingerprint density at radius 3 is 2.09 bits per heavy atom. The number of hydrogen-bond donors (Lipinski definition) is 3. The molecule has 0 heterocycles. The van der Waals surface area contributed by atoms with Gasteiger partial charge in [0.05, 0.1) is 0 Å². The average Bonchev–Trinajstić information content (AvgIpc) is 3.83. The number of nitrogens with two attached hydrogens (primary N) is 2. The van der Waals surface area contributed by atoms with Crippen LogP contribution in [0, 0.1) is 12.8 Å². The third kappa shape index (κ3) is 14.3. The van der Waals surface area contributed by atoms with Crippen molar-refractivity contribution in [2.24, 2.45) is 11.7 Å². The second-order valence-corrected chi connectivity index (χ2v) is 10.4. The lowest BCUT2D eigenvalue weighted by Gasteiger charge is -2.15. The van der Waals surface area contributed by atoms with Crippen LogP contribution in [0.4, 0.5) is 24.5 Å². The van der Waals surface area contributed by atoms with Crippen LogP contribution >= 0.6 is 0 Å². The van der Waals surface area contributed by atoms with Crippen LogP contribution in [0.25, 0.3) is 0 Å². The number of allylic oxidation sites excluding steroid dienone is 2. The molecule has 3 aromatic rings. The molecule has 1 atom stereocenters. The van der Waals surface area contributed by atoms with Gasteiger partial charge in [0.2, 0.25) is 0 Å². The topological polar surface area (TPSA) is 81.1 Å². The summed E-state index contributed by atoms with van der Waals surface area (Å²) in [5, 5.41) is 2.62. The molecule has 1 aliphatic rings. The summed E-state index contributed by atoms with van der Waals surface area (Å²) < 4.78 is 37.6. The molecule has 234 valence electrons. The summed E-state index contributed by atoms with van der Waals surface area (Å²) in [6.07, 6.45) is 0.610. The van der Waals surface area contributed by atoms with Gasteiger partial charge in [0.25, 0.3) is 5.91 Å². The van der Waals surface area contributed by atoms with E-state index in [4.69, 9.17) is 11.5 Å². The standard InChI is InChI=1S/C21H21F3N2O.C8H11N.C5H10.C2H6/c1-13(11-14(2)21(22,23)24)20(27)26-19-6-4-5-17(12-19)15(3)16-7-9-18(25)10-8-16;1-7-3-2-4-8(5-7)6-9;1-2-5-3-4-5;1-2/h4-12,15H,2,25H2,1,3H3,(H,26,27);2-5H,6,9H2,1H3;5H,2-4H2,1H3;1-2H3/b13-11+;;;. The Kier molecular flexibility index (Phi) is 16.1. The number of halogens is 3. The van der Waals surface area contributed by atoms with Crippen LogP contribution in [-0.4, -0.2) is 12.1 Å². The molecule has 0 spiro atoms. The lowest BCUT2D eigenvalue weighted by atomic mass is 9.93. The normalized spacial score (nSPS) is 13.1. The summed E-state index contributed by atoms with van der Waals surface area (Å²) in [4.78, 5) is 12.2. The van der Waals surface area contributed by atoms with Gasteiger partial charge in [-0.15, -0.1) is 0 Å². The number of amides is 1. The van der Waals surface area contributed by atoms with Crippen LogP contribution in [0.3, 0.4) is 0 Å². The Bertz CT molecular complexity index is 1310. The van der Waals surface area contributed by atoms with Gasteiger partial charge in [-0.25, -0.2) is 0 Å². The molecular formula is C36H48F3N3O. The summed E-state index contributed by atoms with van der Waals surface area (Å²) in [6, 6.07) is 22.9. The van der Waals surface area contributed by atoms with Gasteiger partial charge in [0, 0.05) is 35.0 Å². The number of nitrogens with one attached hydrogen (secondary N) is 1. The van der Waals surface area contributed by atoms with E-state index in [9.17, 15) is 18.0 Å². The minimum Gasteiger partial charge on any atom is -0.399 e. The van der Waals surface area contributed by atoms with E-state index in [2.05, 4.69) is 37.9 Å².